The zero-order valence-corrected chi connectivity index (χ0v) is 11.7. The molecule has 0 radical (unpaired) electrons. The molecule has 1 atom stereocenters. The number of amides is 4. The summed E-state index contributed by atoms with van der Waals surface area (Å²) in [5.74, 6) is -1.39. The summed E-state index contributed by atoms with van der Waals surface area (Å²) in [4.78, 5) is 45.4. The summed E-state index contributed by atoms with van der Waals surface area (Å²) >= 11 is 0.766. The zero-order valence-electron chi connectivity index (χ0n) is 10.9. The molecule has 1 aliphatic heterocycles. The highest BCUT2D eigenvalue weighted by molar-refractivity contribution is 8.15. The molecule has 1 aliphatic rings. The molecule has 0 saturated carbocycles. The highest BCUT2D eigenvalue weighted by atomic mass is 32.2. The number of thioether (sulfide) groups is 1. The van der Waals surface area contributed by atoms with Gasteiger partial charge in [-0.3, -0.25) is 35.3 Å². The standard InChI is InChI=1S/C13H13N3O4S/c17-10(6-8-4-2-1-3-5-8)15-16-11(18)7-9-12(19)14-13(20)21-9/h1-5,9H,6-7H2,(H,15,17)(H,16,18)(H,14,19,20)/t9-/m0/s1. The minimum absolute atomic E-state index is 0.137. The Kier molecular flexibility index (Phi) is 4.94. The van der Waals surface area contributed by atoms with Gasteiger partial charge in [0.1, 0.15) is 5.25 Å². The van der Waals surface area contributed by atoms with Crippen molar-refractivity contribution in [3.63, 3.8) is 0 Å². The Morgan fingerprint density at radius 1 is 1.10 bits per heavy atom. The average molecular weight is 307 g/mol. The molecule has 1 saturated heterocycles. The molecule has 0 aliphatic carbocycles. The summed E-state index contributed by atoms with van der Waals surface area (Å²) in [7, 11) is 0. The minimum atomic E-state index is -0.747. The lowest BCUT2D eigenvalue weighted by molar-refractivity contribution is -0.129. The van der Waals surface area contributed by atoms with Crippen LogP contribution in [0, 0.1) is 0 Å². The van der Waals surface area contributed by atoms with Gasteiger partial charge in [0, 0.05) is 6.42 Å². The van der Waals surface area contributed by atoms with Crippen molar-refractivity contribution < 1.29 is 19.2 Å². The summed E-state index contributed by atoms with van der Waals surface area (Å²) < 4.78 is 0. The SMILES string of the molecule is O=C(Cc1ccccc1)NNC(=O)C[C@@H]1SC(=O)NC1=O. The van der Waals surface area contributed by atoms with Crippen molar-refractivity contribution in [3.05, 3.63) is 35.9 Å². The first kappa shape index (κ1) is 15.0. The van der Waals surface area contributed by atoms with Crippen LogP contribution in [0.2, 0.25) is 0 Å². The smallest absolute Gasteiger partial charge is 0.286 e. The number of rotatable bonds is 4. The summed E-state index contributed by atoms with van der Waals surface area (Å²) in [6.45, 7) is 0. The Morgan fingerprint density at radius 2 is 1.76 bits per heavy atom. The number of hydrogen-bond donors (Lipinski definition) is 3. The van der Waals surface area contributed by atoms with E-state index in [4.69, 9.17) is 0 Å². The van der Waals surface area contributed by atoms with Crippen LogP contribution in [0.4, 0.5) is 4.79 Å². The number of hydrazine groups is 1. The van der Waals surface area contributed by atoms with E-state index in [1.54, 1.807) is 12.1 Å². The van der Waals surface area contributed by atoms with Crippen molar-refractivity contribution in [3.8, 4) is 0 Å². The molecule has 0 bridgehead atoms. The predicted octanol–water partition coefficient (Wildman–Crippen LogP) is 0.118. The molecule has 8 heteroatoms. The van der Waals surface area contributed by atoms with Crippen molar-refractivity contribution in [1.82, 2.24) is 16.2 Å². The number of hydrogen-bond acceptors (Lipinski definition) is 5. The van der Waals surface area contributed by atoms with E-state index in [0.29, 0.717) is 0 Å². The quantitative estimate of drug-likeness (QED) is 0.685. The van der Waals surface area contributed by atoms with E-state index >= 15 is 0 Å². The second-order valence-corrected chi connectivity index (χ2v) is 5.52. The van der Waals surface area contributed by atoms with Crippen LogP contribution in [0.1, 0.15) is 12.0 Å². The zero-order chi connectivity index (χ0) is 15.2. The Morgan fingerprint density at radius 3 is 2.38 bits per heavy atom. The lowest BCUT2D eigenvalue weighted by Gasteiger charge is -2.08. The largest absolute Gasteiger partial charge is 0.286 e. The first-order chi connectivity index (χ1) is 10.0. The fraction of sp³-hybridized carbons (Fsp3) is 0.231. The van der Waals surface area contributed by atoms with Crippen molar-refractivity contribution in [2.45, 2.75) is 18.1 Å². The van der Waals surface area contributed by atoms with E-state index in [2.05, 4.69) is 16.2 Å². The van der Waals surface area contributed by atoms with Gasteiger partial charge in [-0.05, 0) is 5.56 Å². The Labute approximate surface area is 124 Å². The monoisotopic (exact) mass is 307 g/mol. The summed E-state index contributed by atoms with van der Waals surface area (Å²) in [5, 5.41) is 0.874. The molecule has 1 fully saturated rings. The van der Waals surface area contributed by atoms with Crippen LogP contribution in [-0.4, -0.2) is 28.2 Å². The molecular weight excluding hydrogens is 294 g/mol. The number of nitrogens with one attached hydrogen (secondary N) is 3. The van der Waals surface area contributed by atoms with E-state index in [1.807, 2.05) is 18.2 Å². The number of imide groups is 1. The predicted molar refractivity (Wildman–Crippen MR) is 76.0 cm³/mol. The minimum Gasteiger partial charge on any atom is -0.286 e. The van der Waals surface area contributed by atoms with E-state index in [1.165, 1.54) is 0 Å². The summed E-state index contributed by atoms with van der Waals surface area (Å²) in [6, 6.07) is 9.07. The van der Waals surface area contributed by atoms with E-state index in [0.717, 1.165) is 17.3 Å². The highest BCUT2D eigenvalue weighted by Crippen LogP contribution is 2.21. The van der Waals surface area contributed by atoms with Crippen LogP contribution in [0.3, 0.4) is 0 Å². The van der Waals surface area contributed by atoms with Crippen LogP contribution in [0.5, 0.6) is 0 Å². The van der Waals surface area contributed by atoms with Gasteiger partial charge in [-0.2, -0.15) is 0 Å². The van der Waals surface area contributed by atoms with Crippen molar-refractivity contribution in [2.24, 2.45) is 0 Å². The molecule has 21 heavy (non-hydrogen) atoms. The maximum absolute atomic E-state index is 11.6. The number of benzene rings is 1. The topological polar surface area (TPSA) is 104 Å². The maximum atomic E-state index is 11.6. The third kappa shape index (κ3) is 4.60. The van der Waals surface area contributed by atoms with Gasteiger partial charge in [0.2, 0.25) is 17.7 Å². The number of carbonyl (C=O) groups is 4. The Hall–Kier alpha value is -2.35. The summed E-state index contributed by atoms with van der Waals surface area (Å²) in [6.07, 6.45) is -0.0356. The van der Waals surface area contributed by atoms with Gasteiger partial charge in [0.25, 0.3) is 5.24 Å². The van der Waals surface area contributed by atoms with E-state index in [-0.39, 0.29) is 18.7 Å². The molecular formula is C13H13N3O4S. The second-order valence-electron chi connectivity index (χ2n) is 4.35. The van der Waals surface area contributed by atoms with E-state index in [9.17, 15) is 19.2 Å². The van der Waals surface area contributed by atoms with Crippen molar-refractivity contribution in [2.75, 3.05) is 0 Å². The van der Waals surface area contributed by atoms with Gasteiger partial charge in [0.15, 0.2) is 0 Å². The first-order valence-electron chi connectivity index (χ1n) is 6.17. The fourth-order valence-corrected chi connectivity index (χ4v) is 2.53. The molecule has 110 valence electrons. The lowest BCUT2D eigenvalue weighted by atomic mass is 10.1. The van der Waals surface area contributed by atoms with Gasteiger partial charge in [-0.15, -0.1) is 0 Å². The molecule has 2 rings (SSSR count). The normalized spacial score (nSPS) is 17.2. The van der Waals surface area contributed by atoms with Crippen molar-refractivity contribution in [1.29, 1.82) is 0 Å². The average Bonchev–Trinajstić information content (AvgIpc) is 2.76. The van der Waals surface area contributed by atoms with Gasteiger partial charge < -0.3 is 0 Å². The van der Waals surface area contributed by atoms with Crippen molar-refractivity contribution >= 4 is 34.7 Å². The Bertz CT molecular complexity index is 576. The molecule has 7 nitrogen and oxygen atoms in total. The van der Waals surface area contributed by atoms with Gasteiger partial charge in [-0.1, -0.05) is 42.1 Å². The number of carbonyl (C=O) groups excluding carboxylic acids is 4. The molecule has 1 aromatic carbocycles. The molecule has 1 aromatic rings. The van der Waals surface area contributed by atoms with E-state index < -0.39 is 22.3 Å². The molecule has 1 heterocycles. The van der Waals surface area contributed by atoms with Gasteiger partial charge >= 0.3 is 0 Å². The van der Waals surface area contributed by atoms with Crippen LogP contribution in [0.15, 0.2) is 30.3 Å². The summed E-state index contributed by atoms with van der Waals surface area (Å²) in [5.41, 5.74) is 5.31. The maximum Gasteiger partial charge on any atom is 0.286 e. The fourth-order valence-electron chi connectivity index (χ4n) is 1.71. The third-order valence-corrected chi connectivity index (χ3v) is 3.67. The third-order valence-electron chi connectivity index (χ3n) is 2.69. The van der Waals surface area contributed by atoms with Gasteiger partial charge in [-0.25, -0.2) is 0 Å². The van der Waals surface area contributed by atoms with Gasteiger partial charge in [0.05, 0.1) is 6.42 Å². The van der Waals surface area contributed by atoms with Crippen LogP contribution < -0.4 is 16.2 Å². The molecule has 0 spiro atoms. The molecule has 3 N–H and O–H groups in total. The Balaban J connectivity index is 1.72. The van der Waals surface area contributed by atoms with Crippen LogP contribution in [0.25, 0.3) is 0 Å². The van der Waals surface area contributed by atoms with Crippen LogP contribution >= 0.6 is 11.8 Å². The first-order valence-corrected chi connectivity index (χ1v) is 7.05. The molecule has 0 unspecified atom stereocenters. The highest BCUT2D eigenvalue weighted by Gasteiger charge is 2.33. The molecule has 0 aromatic heterocycles. The van der Waals surface area contributed by atoms with Crippen LogP contribution in [-0.2, 0) is 20.8 Å². The lowest BCUT2D eigenvalue weighted by Crippen LogP contribution is -2.43. The second kappa shape index (κ2) is 6.89. The molecule has 4 amide bonds.